The van der Waals surface area contributed by atoms with Crippen LogP contribution in [0.2, 0.25) is 10.0 Å². The minimum Gasteiger partial charge on any atom is -0.332 e. The van der Waals surface area contributed by atoms with Crippen molar-refractivity contribution in [2.24, 2.45) is 0 Å². The lowest BCUT2D eigenvalue weighted by molar-refractivity contribution is 1.33. The topological polar surface area (TPSA) is 37.0 Å². The molecule has 3 nitrogen and oxygen atoms in total. The SMILES string of the molecule is S=C(Nc1ccncc1)Nc1cc(Cl)ccc1Cl. The summed E-state index contributed by atoms with van der Waals surface area (Å²) in [5.74, 6) is 0. The summed E-state index contributed by atoms with van der Waals surface area (Å²) in [6.45, 7) is 0. The van der Waals surface area contributed by atoms with E-state index in [2.05, 4.69) is 15.6 Å². The van der Waals surface area contributed by atoms with Crippen LogP contribution >= 0.6 is 35.4 Å². The van der Waals surface area contributed by atoms with Gasteiger partial charge in [0.15, 0.2) is 5.11 Å². The van der Waals surface area contributed by atoms with Crippen molar-refractivity contribution in [1.82, 2.24) is 4.98 Å². The third-order valence-electron chi connectivity index (χ3n) is 2.11. The van der Waals surface area contributed by atoms with E-state index in [4.69, 9.17) is 35.4 Å². The predicted octanol–water partition coefficient (Wildman–Crippen LogP) is 4.20. The Bertz CT molecular complexity index is 561. The van der Waals surface area contributed by atoms with Crippen molar-refractivity contribution in [2.75, 3.05) is 10.6 Å². The van der Waals surface area contributed by atoms with Crippen LogP contribution < -0.4 is 10.6 Å². The van der Waals surface area contributed by atoms with E-state index in [1.807, 2.05) is 12.1 Å². The highest BCUT2D eigenvalue weighted by Crippen LogP contribution is 2.25. The Morgan fingerprint density at radius 3 is 2.50 bits per heavy atom. The van der Waals surface area contributed by atoms with Gasteiger partial charge in [-0.25, -0.2) is 0 Å². The van der Waals surface area contributed by atoms with Gasteiger partial charge >= 0.3 is 0 Å². The van der Waals surface area contributed by atoms with Gasteiger partial charge in [0.25, 0.3) is 0 Å². The average Bonchev–Trinajstić information content (AvgIpc) is 2.35. The first-order valence-corrected chi connectivity index (χ1v) is 6.24. The molecular weight excluding hydrogens is 289 g/mol. The van der Waals surface area contributed by atoms with Gasteiger partial charge < -0.3 is 10.6 Å². The average molecular weight is 298 g/mol. The van der Waals surface area contributed by atoms with Crippen molar-refractivity contribution in [2.45, 2.75) is 0 Å². The molecule has 6 heteroatoms. The molecule has 1 heterocycles. The number of pyridine rings is 1. The van der Waals surface area contributed by atoms with Crippen LogP contribution in [0.1, 0.15) is 0 Å². The minimum absolute atomic E-state index is 0.436. The molecule has 0 aliphatic carbocycles. The van der Waals surface area contributed by atoms with Crippen LogP contribution in [-0.4, -0.2) is 10.1 Å². The van der Waals surface area contributed by atoms with Gasteiger partial charge in [0.2, 0.25) is 0 Å². The lowest BCUT2D eigenvalue weighted by Crippen LogP contribution is -2.19. The first kappa shape index (κ1) is 13.1. The van der Waals surface area contributed by atoms with Crippen LogP contribution in [0.15, 0.2) is 42.7 Å². The third kappa shape index (κ3) is 3.57. The second-order valence-electron chi connectivity index (χ2n) is 3.44. The van der Waals surface area contributed by atoms with Crippen LogP contribution in [0.3, 0.4) is 0 Å². The molecule has 0 aliphatic heterocycles. The Labute approximate surface area is 120 Å². The Balaban J connectivity index is 2.05. The molecule has 0 atom stereocenters. The molecule has 1 aromatic heterocycles. The Morgan fingerprint density at radius 2 is 1.78 bits per heavy atom. The molecule has 2 N–H and O–H groups in total. The van der Waals surface area contributed by atoms with Crippen LogP contribution in [-0.2, 0) is 0 Å². The molecule has 0 amide bonds. The summed E-state index contributed by atoms with van der Waals surface area (Å²) in [6.07, 6.45) is 3.36. The lowest BCUT2D eigenvalue weighted by atomic mass is 10.3. The van der Waals surface area contributed by atoms with E-state index in [1.165, 1.54) is 0 Å². The van der Waals surface area contributed by atoms with Gasteiger partial charge in [0.1, 0.15) is 0 Å². The number of rotatable bonds is 2. The molecule has 0 aliphatic rings. The second kappa shape index (κ2) is 6.00. The van der Waals surface area contributed by atoms with Crippen LogP contribution in [0.5, 0.6) is 0 Å². The van der Waals surface area contributed by atoms with Gasteiger partial charge in [-0.1, -0.05) is 23.2 Å². The number of hydrogen-bond acceptors (Lipinski definition) is 2. The summed E-state index contributed by atoms with van der Waals surface area (Å²) in [7, 11) is 0. The van der Waals surface area contributed by atoms with Gasteiger partial charge in [-0.3, -0.25) is 4.98 Å². The highest BCUT2D eigenvalue weighted by atomic mass is 35.5. The summed E-state index contributed by atoms with van der Waals surface area (Å²) >= 11 is 17.1. The molecule has 2 rings (SSSR count). The number of nitrogens with zero attached hydrogens (tertiary/aromatic N) is 1. The Kier molecular flexibility index (Phi) is 4.36. The van der Waals surface area contributed by atoms with Crippen molar-refractivity contribution in [1.29, 1.82) is 0 Å². The first-order chi connectivity index (χ1) is 8.65. The number of anilines is 2. The Morgan fingerprint density at radius 1 is 1.06 bits per heavy atom. The maximum atomic E-state index is 6.02. The highest BCUT2D eigenvalue weighted by molar-refractivity contribution is 7.80. The normalized spacial score (nSPS) is 9.89. The zero-order valence-electron chi connectivity index (χ0n) is 9.15. The molecule has 0 fully saturated rings. The van der Waals surface area contributed by atoms with E-state index in [0.29, 0.717) is 20.8 Å². The summed E-state index contributed by atoms with van der Waals surface area (Å²) in [6, 6.07) is 8.77. The molecular formula is C12H9Cl2N3S. The van der Waals surface area contributed by atoms with Crippen molar-refractivity contribution in [3.8, 4) is 0 Å². The smallest absolute Gasteiger partial charge is 0.175 e. The molecule has 0 saturated carbocycles. The van der Waals surface area contributed by atoms with Gasteiger partial charge in [0.05, 0.1) is 10.7 Å². The number of nitrogens with one attached hydrogen (secondary N) is 2. The fourth-order valence-corrected chi connectivity index (χ4v) is 1.88. The van der Waals surface area contributed by atoms with Crippen molar-refractivity contribution in [3.63, 3.8) is 0 Å². The number of benzene rings is 1. The third-order valence-corrected chi connectivity index (χ3v) is 2.88. The van der Waals surface area contributed by atoms with Gasteiger partial charge in [0, 0.05) is 23.1 Å². The molecule has 0 saturated heterocycles. The Hall–Kier alpha value is -1.36. The first-order valence-electron chi connectivity index (χ1n) is 5.08. The molecule has 2 aromatic rings. The fraction of sp³-hybridized carbons (Fsp3) is 0. The van der Waals surface area contributed by atoms with Crippen LogP contribution in [0.4, 0.5) is 11.4 Å². The van der Waals surface area contributed by atoms with E-state index in [9.17, 15) is 0 Å². The summed E-state index contributed by atoms with van der Waals surface area (Å²) in [5.41, 5.74) is 1.51. The fourth-order valence-electron chi connectivity index (χ4n) is 1.31. The molecule has 0 bridgehead atoms. The van der Waals surface area contributed by atoms with Crippen molar-refractivity contribution in [3.05, 3.63) is 52.8 Å². The zero-order chi connectivity index (χ0) is 13.0. The number of halogens is 2. The van der Waals surface area contributed by atoms with Crippen LogP contribution in [0, 0.1) is 0 Å². The molecule has 0 unspecified atom stereocenters. The number of thiocarbonyl (C=S) groups is 1. The van der Waals surface area contributed by atoms with Crippen molar-refractivity contribution >= 4 is 51.9 Å². The number of hydrogen-bond donors (Lipinski definition) is 2. The minimum atomic E-state index is 0.436. The lowest BCUT2D eigenvalue weighted by Gasteiger charge is -2.11. The molecule has 0 radical (unpaired) electrons. The number of aromatic nitrogens is 1. The maximum absolute atomic E-state index is 6.02. The summed E-state index contributed by atoms with van der Waals surface area (Å²) in [4.78, 5) is 3.92. The molecule has 18 heavy (non-hydrogen) atoms. The summed E-state index contributed by atoms with van der Waals surface area (Å²) in [5, 5.41) is 7.58. The zero-order valence-corrected chi connectivity index (χ0v) is 11.5. The van der Waals surface area contributed by atoms with E-state index in [0.717, 1.165) is 5.69 Å². The quantitative estimate of drug-likeness (QED) is 0.815. The van der Waals surface area contributed by atoms with Gasteiger partial charge in [-0.2, -0.15) is 0 Å². The van der Waals surface area contributed by atoms with Gasteiger partial charge in [-0.05, 0) is 42.5 Å². The van der Waals surface area contributed by atoms with Gasteiger partial charge in [-0.15, -0.1) is 0 Å². The van der Waals surface area contributed by atoms with E-state index in [-0.39, 0.29) is 0 Å². The maximum Gasteiger partial charge on any atom is 0.175 e. The molecule has 92 valence electrons. The highest BCUT2D eigenvalue weighted by Gasteiger charge is 2.03. The predicted molar refractivity (Wildman–Crippen MR) is 80.5 cm³/mol. The van der Waals surface area contributed by atoms with Crippen LogP contribution in [0.25, 0.3) is 0 Å². The molecule has 1 aromatic carbocycles. The second-order valence-corrected chi connectivity index (χ2v) is 4.69. The standard InChI is InChI=1S/C12H9Cl2N3S/c13-8-1-2-10(14)11(7-8)17-12(18)16-9-3-5-15-6-4-9/h1-7H,(H2,15,16,17,18). The largest absolute Gasteiger partial charge is 0.332 e. The monoisotopic (exact) mass is 297 g/mol. The van der Waals surface area contributed by atoms with Crippen molar-refractivity contribution < 1.29 is 0 Å². The van der Waals surface area contributed by atoms with E-state index in [1.54, 1.807) is 30.6 Å². The molecule has 0 spiro atoms. The van der Waals surface area contributed by atoms with E-state index >= 15 is 0 Å². The van der Waals surface area contributed by atoms with E-state index < -0.39 is 0 Å². The summed E-state index contributed by atoms with van der Waals surface area (Å²) < 4.78 is 0.